The quantitative estimate of drug-likeness (QED) is 0.856. The molecule has 0 amide bonds. The first kappa shape index (κ1) is 14.5. The molecule has 0 spiro atoms. The van der Waals surface area contributed by atoms with Gasteiger partial charge in [0.25, 0.3) is 0 Å². The highest BCUT2D eigenvalue weighted by Crippen LogP contribution is 2.22. The Hall–Kier alpha value is -1.87. The van der Waals surface area contributed by atoms with E-state index in [-0.39, 0.29) is 12.4 Å². The minimum atomic E-state index is -0.231. The molecule has 0 saturated carbocycles. The summed E-state index contributed by atoms with van der Waals surface area (Å²) >= 11 is 0. The van der Waals surface area contributed by atoms with E-state index >= 15 is 0 Å². The molecule has 0 aliphatic rings. The van der Waals surface area contributed by atoms with Gasteiger partial charge in [0.1, 0.15) is 18.2 Å². The molecule has 2 aromatic carbocycles. The van der Waals surface area contributed by atoms with Crippen LogP contribution in [0.5, 0.6) is 5.75 Å². The van der Waals surface area contributed by atoms with Gasteiger partial charge in [-0.25, -0.2) is 4.39 Å². The van der Waals surface area contributed by atoms with Crippen LogP contribution < -0.4 is 10.1 Å². The maximum Gasteiger partial charge on any atom is 0.129 e. The molecule has 0 heterocycles. The molecule has 2 rings (SSSR count). The fourth-order valence-electron chi connectivity index (χ4n) is 2.20. The molecule has 0 fully saturated rings. The standard InChI is InChI=1S/C17H20FNO/c1-3-17(19-2)13-8-6-9-15(11-13)20-12-14-7-4-5-10-16(14)18/h4-11,17,19H,3,12H2,1-2H3. The molecule has 0 aliphatic carbocycles. The zero-order chi connectivity index (χ0) is 14.4. The van der Waals surface area contributed by atoms with Crippen molar-refractivity contribution in [2.45, 2.75) is 26.0 Å². The third-order valence-electron chi connectivity index (χ3n) is 3.37. The van der Waals surface area contributed by atoms with E-state index in [4.69, 9.17) is 4.74 Å². The summed E-state index contributed by atoms with van der Waals surface area (Å²) in [5.41, 5.74) is 1.75. The van der Waals surface area contributed by atoms with Gasteiger partial charge in [-0.3, -0.25) is 0 Å². The Morgan fingerprint density at radius 2 is 1.95 bits per heavy atom. The summed E-state index contributed by atoms with van der Waals surface area (Å²) in [5, 5.41) is 3.26. The van der Waals surface area contributed by atoms with Gasteiger partial charge in [-0.05, 0) is 37.2 Å². The van der Waals surface area contributed by atoms with E-state index in [0.29, 0.717) is 11.6 Å². The molecule has 0 bridgehead atoms. The molecular formula is C17H20FNO. The second kappa shape index (κ2) is 7.06. The summed E-state index contributed by atoms with van der Waals surface area (Å²) in [6.45, 7) is 2.38. The minimum Gasteiger partial charge on any atom is -0.489 e. The van der Waals surface area contributed by atoms with Gasteiger partial charge >= 0.3 is 0 Å². The van der Waals surface area contributed by atoms with E-state index in [1.165, 1.54) is 11.6 Å². The van der Waals surface area contributed by atoms with Crippen molar-refractivity contribution in [3.63, 3.8) is 0 Å². The lowest BCUT2D eigenvalue weighted by molar-refractivity contribution is 0.299. The number of halogens is 1. The molecule has 1 unspecified atom stereocenters. The normalized spacial score (nSPS) is 12.2. The Bertz CT molecular complexity index is 552. The fraction of sp³-hybridized carbons (Fsp3) is 0.294. The molecule has 0 aliphatic heterocycles. The van der Waals surface area contributed by atoms with Gasteiger partial charge in [-0.15, -0.1) is 0 Å². The highest BCUT2D eigenvalue weighted by molar-refractivity contribution is 5.31. The van der Waals surface area contributed by atoms with Crippen molar-refractivity contribution >= 4 is 0 Å². The zero-order valence-corrected chi connectivity index (χ0v) is 11.9. The molecule has 1 atom stereocenters. The second-order valence-electron chi connectivity index (χ2n) is 4.70. The van der Waals surface area contributed by atoms with E-state index in [1.807, 2.05) is 31.3 Å². The third-order valence-corrected chi connectivity index (χ3v) is 3.37. The molecule has 0 saturated heterocycles. The van der Waals surface area contributed by atoms with Crippen molar-refractivity contribution in [3.8, 4) is 5.75 Å². The molecule has 3 heteroatoms. The van der Waals surface area contributed by atoms with Crippen LogP contribution in [0.25, 0.3) is 0 Å². The van der Waals surface area contributed by atoms with Crippen molar-refractivity contribution in [1.82, 2.24) is 5.32 Å². The maximum absolute atomic E-state index is 13.5. The van der Waals surface area contributed by atoms with Gasteiger partial charge in [0.15, 0.2) is 0 Å². The summed E-state index contributed by atoms with van der Waals surface area (Å²) < 4.78 is 19.2. The molecule has 20 heavy (non-hydrogen) atoms. The Morgan fingerprint density at radius 3 is 2.65 bits per heavy atom. The van der Waals surface area contributed by atoms with Gasteiger partial charge in [-0.1, -0.05) is 37.3 Å². The van der Waals surface area contributed by atoms with Crippen molar-refractivity contribution in [3.05, 3.63) is 65.5 Å². The van der Waals surface area contributed by atoms with Crippen LogP contribution in [-0.4, -0.2) is 7.05 Å². The minimum absolute atomic E-state index is 0.231. The highest BCUT2D eigenvalue weighted by Gasteiger charge is 2.08. The third kappa shape index (κ3) is 3.58. The number of nitrogens with one attached hydrogen (secondary N) is 1. The van der Waals surface area contributed by atoms with Gasteiger partial charge in [0, 0.05) is 11.6 Å². The van der Waals surface area contributed by atoms with Gasteiger partial charge < -0.3 is 10.1 Å². The van der Waals surface area contributed by atoms with Crippen molar-refractivity contribution < 1.29 is 9.13 Å². The maximum atomic E-state index is 13.5. The Balaban J connectivity index is 2.07. The lowest BCUT2D eigenvalue weighted by atomic mass is 10.0. The fourth-order valence-corrected chi connectivity index (χ4v) is 2.20. The topological polar surface area (TPSA) is 21.3 Å². The zero-order valence-electron chi connectivity index (χ0n) is 11.9. The molecule has 0 radical (unpaired) electrons. The van der Waals surface area contributed by atoms with Crippen LogP contribution in [-0.2, 0) is 6.61 Å². The number of benzene rings is 2. The van der Waals surface area contributed by atoms with Crippen LogP contribution in [0, 0.1) is 5.82 Å². The average Bonchev–Trinajstić information content (AvgIpc) is 2.48. The Labute approximate surface area is 119 Å². The summed E-state index contributed by atoms with van der Waals surface area (Å²) in [6, 6.07) is 14.9. The predicted octanol–water partition coefficient (Wildman–Crippen LogP) is 4.08. The lowest BCUT2D eigenvalue weighted by Gasteiger charge is -2.15. The molecule has 2 aromatic rings. The van der Waals surface area contributed by atoms with Gasteiger partial charge in [0.2, 0.25) is 0 Å². The smallest absolute Gasteiger partial charge is 0.129 e. The number of ether oxygens (including phenoxy) is 1. The molecular weight excluding hydrogens is 253 g/mol. The van der Waals surface area contributed by atoms with Crippen LogP contribution in [0.3, 0.4) is 0 Å². The molecule has 1 N–H and O–H groups in total. The van der Waals surface area contributed by atoms with E-state index in [1.54, 1.807) is 12.1 Å². The predicted molar refractivity (Wildman–Crippen MR) is 79.3 cm³/mol. The van der Waals surface area contributed by atoms with Crippen LogP contribution in [0.15, 0.2) is 48.5 Å². The summed E-state index contributed by atoms with van der Waals surface area (Å²) in [5.74, 6) is 0.532. The van der Waals surface area contributed by atoms with Gasteiger partial charge in [-0.2, -0.15) is 0 Å². The molecule has 0 aromatic heterocycles. The van der Waals surface area contributed by atoms with Crippen molar-refractivity contribution in [2.75, 3.05) is 7.05 Å². The first-order chi connectivity index (χ1) is 9.74. The van der Waals surface area contributed by atoms with Crippen LogP contribution >= 0.6 is 0 Å². The summed E-state index contributed by atoms with van der Waals surface area (Å²) in [4.78, 5) is 0. The van der Waals surface area contributed by atoms with Crippen LogP contribution in [0.1, 0.15) is 30.5 Å². The first-order valence-corrected chi connectivity index (χ1v) is 6.88. The van der Waals surface area contributed by atoms with Crippen LogP contribution in [0.4, 0.5) is 4.39 Å². The van der Waals surface area contributed by atoms with Crippen LogP contribution in [0.2, 0.25) is 0 Å². The number of rotatable bonds is 6. The van der Waals surface area contributed by atoms with E-state index in [2.05, 4.69) is 18.3 Å². The van der Waals surface area contributed by atoms with Gasteiger partial charge in [0.05, 0.1) is 0 Å². The largest absolute Gasteiger partial charge is 0.489 e. The lowest BCUT2D eigenvalue weighted by Crippen LogP contribution is -2.15. The van der Waals surface area contributed by atoms with Crippen molar-refractivity contribution in [1.29, 1.82) is 0 Å². The van der Waals surface area contributed by atoms with E-state index < -0.39 is 0 Å². The average molecular weight is 273 g/mol. The summed E-state index contributed by atoms with van der Waals surface area (Å²) in [6.07, 6.45) is 1.01. The van der Waals surface area contributed by atoms with Crippen molar-refractivity contribution in [2.24, 2.45) is 0 Å². The first-order valence-electron chi connectivity index (χ1n) is 6.88. The monoisotopic (exact) mass is 273 g/mol. The number of hydrogen-bond acceptors (Lipinski definition) is 2. The molecule has 2 nitrogen and oxygen atoms in total. The Kier molecular flexibility index (Phi) is 5.13. The SMILES string of the molecule is CCC(NC)c1cccc(OCc2ccccc2F)c1. The highest BCUT2D eigenvalue weighted by atomic mass is 19.1. The van der Waals surface area contributed by atoms with E-state index in [9.17, 15) is 4.39 Å². The molecule has 106 valence electrons. The number of hydrogen-bond donors (Lipinski definition) is 1. The summed E-state index contributed by atoms with van der Waals surface area (Å²) in [7, 11) is 1.95. The Morgan fingerprint density at radius 1 is 1.15 bits per heavy atom. The second-order valence-corrected chi connectivity index (χ2v) is 4.70. The van der Waals surface area contributed by atoms with E-state index in [0.717, 1.165) is 12.2 Å².